The zero-order valence-corrected chi connectivity index (χ0v) is 25.4. The highest BCUT2D eigenvalue weighted by atomic mass is 35.5. The van der Waals surface area contributed by atoms with Crippen molar-refractivity contribution in [1.29, 1.82) is 0 Å². The van der Waals surface area contributed by atoms with Crippen LogP contribution in [0.5, 0.6) is 5.75 Å². The number of sulfonamides is 1. The van der Waals surface area contributed by atoms with E-state index in [2.05, 4.69) is 4.90 Å². The standard InChI is InChI=1S/C27H32Cl2N4O5S2/c1-37-23-8-7-22(29)25-24(23)30-27(39-25)33(12-2-11-31-15-17-38-18-16-31)26(34)19-9-13-32(14-10-19)40(35,36)21-5-3-20(28)4-6-21/h3-8,19H,2,9-18H2,1H3. The van der Waals surface area contributed by atoms with E-state index < -0.39 is 10.0 Å². The van der Waals surface area contributed by atoms with Crippen molar-refractivity contribution in [3.8, 4) is 5.75 Å². The number of morpholine rings is 1. The Morgan fingerprint density at radius 3 is 2.48 bits per heavy atom. The van der Waals surface area contributed by atoms with Crippen molar-refractivity contribution in [1.82, 2.24) is 14.2 Å². The van der Waals surface area contributed by atoms with Crippen LogP contribution in [0.3, 0.4) is 0 Å². The van der Waals surface area contributed by atoms with Gasteiger partial charge in [-0.05, 0) is 55.7 Å². The van der Waals surface area contributed by atoms with Crippen LogP contribution in [-0.4, -0.2) is 88.1 Å². The SMILES string of the molecule is COc1ccc(Cl)c2sc(N(CCCN3CCOCC3)C(=O)C3CCN(S(=O)(=O)c4ccc(Cl)cc4)CC3)nc12. The van der Waals surface area contributed by atoms with Crippen LogP contribution in [0.4, 0.5) is 5.13 Å². The number of carbonyl (C=O) groups is 1. The number of thiazole rings is 1. The lowest BCUT2D eigenvalue weighted by Gasteiger charge is -2.33. The van der Waals surface area contributed by atoms with E-state index in [1.807, 2.05) is 0 Å². The van der Waals surface area contributed by atoms with Crippen LogP contribution in [0, 0.1) is 5.92 Å². The first-order valence-electron chi connectivity index (χ1n) is 13.3. The second kappa shape index (κ2) is 12.9. The molecule has 13 heteroatoms. The number of anilines is 1. The lowest BCUT2D eigenvalue weighted by atomic mass is 9.96. The molecule has 0 saturated carbocycles. The van der Waals surface area contributed by atoms with Crippen LogP contribution >= 0.6 is 34.5 Å². The molecule has 0 atom stereocenters. The molecule has 0 N–H and O–H groups in total. The van der Waals surface area contributed by atoms with Gasteiger partial charge in [-0.25, -0.2) is 13.4 Å². The number of amides is 1. The Morgan fingerprint density at radius 2 is 1.80 bits per heavy atom. The van der Waals surface area contributed by atoms with E-state index in [-0.39, 0.29) is 29.8 Å². The molecule has 1 aromatic heterocycles. The van der Waals surface area contributed by atoms with Crippen LogP contribution in [0.1, 0.15) is 19.3 Å². The second-order valence-corrected chi connectivity index (χ2v) is 13.6. The van der Waals surface area contributed by atoms with Gasteiger partial charge in [0.2, 0.25) is 15.9 Å². The normalized spacial score (nSPS) is 17.8. The van der Waals surface area contributed by atoms with Gasteiger partial charge in [-0.1, -0.05) is 34.5 Å². The molecule has 216 valence electrons. The lowest BCUT2D eigenvalue weighted by molar-refractivity contribution is -0.123. The average Bonchev–Trinajstić information content (AvgIpc) is 3.42. The van der Waals surface area contributed by atoms with Crippen molar-refractivity contribution < 1.29 is 22.7 Å². The van der Waals surface area contributed by atoms with Gasteiger partial charge in [0.15, 0.2) is 5.13 Å². The molecule has 0 radical (unpaired) electrons. The fourth-order valence-corrected chi connectivity index (χ4v) is 8.00. The molecule has 40 heavy (non-hydrogen) atoms. The fraction of sp³-hybridized carbons (Fsp3) is 0.481. The molecule has 2 aliphatic heterocycles. The van der Waals surface area contributed by atoms with Crippen molar-refractivity contribution in [2.45, 2.75) is 24.2 Å². The predicted octanol–water partition coefficient (Wildman–Crippen LogP) is 4.77. The second-order valence-electron chi connectivity index (χ2n) is 9.85. The van der Waals surface area contributed by atoms with Gasteiger partial charge in [-0.3, -0.25) is 14.6 Å². The number of methoxy groups -OCH3 is 1. The third-order valence-corrected chi connectivity index (χ3v) is 11.1. The van der Waals surface area contributed by atoms with Gasteiger partial charge in [-0.15, -0.1) is 0 Å². The molecule has 1 amide bonds. The molecular formula is C27H32Cl2N4O5S2. The van der Waals surface area contributed by atoms with E-state index in [0.717, 1.165) is 44.0 Å². The maximum absolute atomic E-state index is 14.0. The molecule has 0 aliphatic carbocycles. The van der Waals surface area contributed by atoms with Gasteiger partial charge < -0.3 is 9.47 Å². The Morgan fingerprint density at radius 1 is 1.10 bits per heavy atom. The molecule has 2 fully saturated rings. The number of fused-ring (bicyclic) bond motifs is 1. The quantitative estimate of drug-likeness (QED) is 0.338. The minimum absolute atomic E-state index is 0.0420. The summed E-state index contributed by atoms with van der Waals surface area (Å²) in [4.78, 5) is 23.1. The van der Waals surface area contributed by atoms with Gasteiger partial charge in [0.05, 0.1) is 34.9 Å². The number of benzene rings is 2. The topological polar surface area (TPSA) is 92.3 Å². The van der Waals surface area contributed by atoms with E-state index in [4.69, 9.17) is 37.7 Å². The molecule has 0 bridgehead atoms. The summed E-state index contributed by atoms with van der Waals surface area (Å²) in [5.74, 6) is 0.243. The first-order valence-corrected chi connectivity index (χ1v) is 16.3. The van der Waals surface area contributed by atoms with Gasteiger partial charge in [0, 0.05) is 50.2 Å². The van der Waals surface area contributed by atoms with Gasteiger partial charge >= 0.3 is 0 Å². The van der Waals surface area contributed by atoms with Crippen molar-refractivity contribution in [2.75, 3.05) is 64.5 Å². The van der Waals surface area contributed by atoms with E-state index in [1.54, 1.807) is 36.3 Å². The van der Waals surface area contributed by atoms with Crippen LogP contribution in [0.25, 0.3) is 10.2 Å². The number of piperidine rings is 1. The number of hydrogen-bond acceptors (Lipinski definition) is 8. The number of hydrogen-bond donors (Lipinski definition) is 0. The number of carbonyl (C=O) groups excluding carboxylic acids is 1. The van der Waals surface area contributed by atoms with Crippen LogP contribution in [0.15, 0.2) is 41.3 Å². The summed E-state index contributed by atoms with van der Waals surface area (Å²) in [7, 11) is -2.08. The predicted molar refractivity (Wildman–Crippen MR) is 158 cm³/mol. The number of ether oxygens (including phenoxy) is 2. The molecular weight excluding hydrogens is 595 g/mol. The zero-order chi connectivity index (χ0) is 28.3. The minimum atomic E-state index is -3.66. The van der Waals surface area contributed by atoms with Crippen molar-refractivity contribution in [2.24, 2.45) is 5.92 Å². The third-order valence-electron chi connectivity index (χ3n) is 7.38. The smallest absolute Gasteiger partial charge is 0.243 e. The summed E-state index contributed by atoms with van der Waals surface area (Å²) in [5.41, 5.74) is 0.629. The monoisotopic (exact) mass is 626 g/mol. The Labute approximate surface area is 248 Å². The summed E-state index contributed by atoms with van der Waals surface area (Å²) >= 11 is 13.8. The Hall–Kier alpha value is -1.99. The van der Waals surface area contributed by atoms with Crippen LogP contribution in [0.2, 0.25) is 10.0 Å². The maximum atomic E-state index is 14.0. The largest absolute Gasteiger partial charge is 0.494 e. The van der Waals surface area contributed by atoms with Crippen LogP contribution < -0.4 is 9.64 Å². The summed E-state index contributed by atoms with van der Waals surface area (Å²) in [6, 6.07) is 9.70. The first kappa shape index (κ1) is 29.5. The summed E-state index contributed by atoms with van der Waals surface area (Å²) in [6.07, 6.45) is 1.64. The number of aromatic nitrogens is 1. The Bertz CT molecular complexity index is 1440. The van der Waals surface area contributed by atoms with Gasteiger partial charge in [0.25, 0.3) is 0 Å². The molecule has 0 unspecified atom stereocenters. The third kappa shape index (κ3) is 6.41. The summed E-state index contributed by atoms with van der Waals surface area (Å²) < 4.78 is 39.5. The molecule has 3 heterocycles. The fourth-order valence-electron chi connectivity index (χ4n) is 5.12. The first-order chi connectivity index (χ1) is 19.3. The van der Waals surface area contributed by atoms with Crippen molar-refractivity contribution in [3.05, 3.63) is 46.4 Å². The van der Waals surface area contributed by atoms with E-state index in [9.17, 15) is 13.2 Å². The number of halogens is 2. The van der Waals surface area contributed by atoms with E-state index >= 15 is 0 Å². The molecule has 2 saturated heterocycles. The van der Waals surface area contributed by atoms with Crippen molar-refractivity contribution >= 4 is 65.8 Å². The Kier molecular flexibility index (Phi) is 9.51. The highest BCUT2D eigenvalue weighted by Gasteiger charge is 2.35. The number of rotatable bonds is 9. The molecule has 9 nitrogen and oxygen atoms in total. The van der Waals surface area contributed by atoms with Gasteiger partial charge in [0.1, 0.15) is 11.3 Å². The molecule has 0 spiro atoms. The average molecular weight is 628 g/mol. The van der Waals surface area contributed by atoms with Gasteiger partial charge in [-0.2, -0.15) is 4.31 Å². The molecule has 5 rings (SSSR count). The molecule has 2 aromatic carbocycles. The Balaban J connectivity index is 1.33. The maximum Gasteiger partial charge on any atom is 0.243 e. The summed E-state index contributed by atoms with van der Waals surface area (Å²) in [5, 5.41) is 1.61. The highest BCUT2D eigenvalue weighted by molar-refractivity contribution is 7.89. The highest BCUT2D eigenvalue weighted by Crippen LogP contribution is 2.39. The molecule has 3 aromatic rings. The van der Waals surface area contributed by atoms with Crippen LogP contribution in [-0.2, 0) is 19.6 Å². The molecule has 2 aliphatic rings. The zero-order valence-electron chi connectivity index (χ0n) is 22.2. The van der Waals surface area contributed by atoms with E-state index in [0.29, 0.717) is 45.8 Å². The number of nitrogens with zero attached hydrogens (tertiary/aromatic N) is 4. The minimum Gasteiger partial charge on any atom is -0.494 e. The van der Waals surface area contributed by atoms with E-state index in [1.165, 1.54) is 27.8 Å². The van der Waals surface area contributed by atoms with Crippen molar-refractivity contribution in [3.63, 3.8) is 0 Å². The lowest BCUT2D eigenvalue weighted by Crippen LogP contribution is -2.45. The summed E-state index contributed by atoms with van der Waals surface area (Å²) in [6.45, 7) is 5.07.